The van der Waals surface area contributed by atoms with E-state index in [4.69, 9.17) is 9.47 Å². The zero-order valence-corrected chi connectivity index (χ0v) is 26.5. The smallest absolute Gasteiger partial charge is 0.329 e. The van der Waals surface area contributed by atoms with Gasteiger partial charge in [0.15, 0.2) is 12.2 Å². The minimum atomic E-state index is -0.978. The molecule has 2 aliphatic rings. The third-order valence-electron chi connectivity index (χ3n) is 7.73. The van der Waals surface area contributed by atoms with E-state index in [9.17, 15) is 28.8 Å². The van der Waals surface area contributed by atoms with E-state index in [1.807, 2.05) is 0 Å². The van der Waals surface area contributed by atoms with Crippen molar-refractivity contribution in [2.24, 2.45) is 10.8 Å². The number of amides is 4. The summed E-state index contributed by atoms with van der Waals surface area (Å²) >= 11 is 0. The summed E-state index contributed by atoms with van der Waals surface area (Å²) in [5.41, 5.74) is -1.22. The van der Waals surface area contributed by atoms with E-state index in [-0.39, 0.29) is 24.7 Å². The van der Waals surface area contributed by atoms with Crippen molar-refractivity contribution in [2.45, 2.75) is 117 Å². The number of carbonyl (C=O) groups excluding carboxylic acids is 6. The van der Waals surface area contributed by atoms with Crippen LogP contribution in [-0.4, -0.2) is 96.8 Å². The molecule has 4 atom stereocenters. The highest BCUT2D eigenvalue weighted by Crippen LogP contribution is 2.28. The molecule has 0 spiro atoms. The Labute approximate surface area is 249 Å². The van der Waals surface area contributed by atoms with E-state index in [0.29, 0.717) is 51.6 Å². The summed E-state index contributed by atoms with van der Waals surface area (Å²) in [4.78, 5) is 79.5. The molecule has 0 aromatic heterocycles. The molecule has 42 heavy (non-hydrogen) atoms. The molecule has 0 aromatic rings. The molecule has 0 bridgehead atoms. The summed E-state index contributed by atoms with van der Waals surface area (Å²) < 4.78 is 11.2. The van der Waals surface area contributed by atoms with Crippen molar-refractivity contribution in [2.75, 3.05) is 27.2 Å². The molecule has 2 rings (SSSR count). The normalized spacial score (nSPS) is 20.5. The third kappa shape index (κ3) is 9.16. The number of nitrogens with zero attached hydrogens (tertiary/aromatic N) is 2. The molecule has 2 saturated heterocycles. The van der Waals surface area contributed by atoms with Gasteiger partial charge in [-0.2, -0.15) is 0 Å². The number of hydrogen-bond acceptors (Lipinski definition) is 8. The fourth-order valence-corrected chi connectivity index (χ4v) is 5.36. The van der Waals surface area contributed by atoms with E-state index in [1.54, 1.807) is 41.5 Å². The van der Waals surface area contributed by atoms with Crippen molar-refractivity contribution in [1.29, 1.82) is 0 Å². The lowest BCUT2D eigenvalue weighted by atomic mass is 9.88. The molecule has 0 aromatic carbocycles. The highest BCUT2D eigenvalue weighted by molar-refractivity contribution is 5.89. The number of nitrogens with one attached hydrogen (secondary N) is 2. The molecule has 0 aliphatic carbocycles. The summed E-state index contributed by atoms with van der Waals surface area (Å²) in [6, 6.07) is -1.48. The van der Waals surface area contributed by atoms with Gasteiger partial charge in [-0.05, 0) is 38.5 Å². The zero-order chi connectivity index (χ0) is 31.8. The molecule has 2 aliphatic heterocycles. The Morgan fingerprint density at radius 2 is 1.00 bits per heavy atom. The number of likely N-dealkylation sites (N-methyl/N-ethyl adjacent to an activating group) is 2. The number of unbranched alkanes of at least 4 members (excludes halogenated alkanes) is 1. The van der Waals surface area contributed by atoms with Crippen molar-refractivity contribution in [3.63, 3.8) is 0 Å². The van der Waals surface area contributed by atoms with Crippen molar-refractivity contribution in [1.82, 2.24) is 20.4 Å². The average molecular weight is 595 g/mol. The van der Waals surface area contributed by atoms with E-state index >= 15 is 0 Å². The van der Waals surface area contributed by atoms with Crippen LogP contribution in [-0.2, 0) is 38.2 Å². The van der Waals surface area contributed by atoms with Crippen LogP contribution < -0.4 is 10.6 Å². The first-order valence-corrected chi connectivity index (χ1v) is 15.0. The first-order chi connectivity index (χ1) is 19.5. The van der Waals surface area contributed by atoms with Crippen LogP contribution in [0.15, 0.2) is 0 Å². The van der Waals surface area contributed by atoms with Gasteiger partial charge in [0.25, 0.3) is 11.8 Å². The highest BCUT2D eigenvalue weighted by Gasteiger charge is 2.42. The lowest BCUT2D eigenvalue weighted by molar-refractivity contribution is -0.168. The Morgan fingerprint density at radius 3 is 1.29 bits per heavy atom. The van der Waals surface area contributed by atoms with Crippen LogP contribution >= 0.6 is 0 Å². The van der Waals surface area contributed by atoms with Gasteiger partial charge in [-0.3, -0.25) is 19.2 Å². The second-order valence-electron chi connectivity index (χ2n) is 13.3. The van der Waals surface area contributed by atoms with Gasteiger partial charge in [-0.15, -0.1) is 0 Å². The fourth-order valence-electron chi connectivity index (χ4n) is 5.36. The summed E-state index contributed by atoms with van der Waals surface area (Å²) in [7, 11) is 2.97. The molecule has 12 nitrogen and oxygen atoms in total. The fraction of sp³-hybridized carbons (Fsp3) is 0.800. The number of ether oxygens (including phenoxy) is 2. The Balaban J connectivity index is 1.88. The molecule has 2 fully saturated rings. The van der Waals surface area contributed by atoms with Gasteiger partial charge in [0.1, 0.15) is 12.1 Å². The van der Waals surface area contributed by atoms with Crippen molar-refractivity contribution in [3.05, 3.63) is 0 Å². The van der Waals surface area contributed by atoms with Gasteiger partial charge in [0, 0.05) is 50.9 Å². The van der Waals surface area contributed by atoms with Gasteiger partial charge in [0.05, 0.1) is 0 Å². The predicted molar refractivity (Wildman–Crippen MR) is 155 cm³/mol. The van der Waals surface area contributed by atoms with Crippen LogP contribution in [0.25, 0.3) is 0 Å². The molecule has 12 heteroatoms. The lowest BCUT2D eigenvalue weighted by Crippen LogP contribution is -2.48. The Bertz CT molecular complexity index is 936. The molecular weight excluding hydrogens is 544 g/mol. The molecule has 238 valence electrons. The van der Waals surface area contributed by atoms with Gasteiger partial charge in [-0.25, -0.2) is 9.59 Å². The summed E-state index contributed by atoms with van der Waals surface area (Å²) in [6.07, 6.45) is 1.52. The number of rotatable bonds is 11. The first kappa shape index (κ1) is 35.0. The maximum absolute atomic E-state index is 13.0. The second-order valence-corrected chi connectivity index (χ2v) is 13.3. The van der Waals surface area contributed by atoms with Crippen molar-refractivity contribution in [3.8, 4) is 0 Å². The predicted octanol–water partition coefficient (Wildman–Crippen LogP) is 1.94. The van der Waals surface area contributed by atoms with Crippen LogP contribution in [0.4, 0.5) is 0 Å². The average Bonchev–Trinajstić information content (AvgIpc) is 3.60. The standard InChI is InChI=1S/C30H50N4O8/c1-29(2,3)23(25(37)31-7)41-27(39)19-13-11-17-33(19)21(35)15-9-10-16-22(36)34-18-12-14-20(34)28(40)42-24(26(38)32-8)30(4,5)6/h19-20,23-24H,9-18H2,1-8H3,(H,31,37)(H,32,38)/t19-,20-,23?,24?/m1/s1. The van der Waals surface area contributed by atoms with Crippen LogP contribution in [0.1, 0.15) is 92.9 Å². The highest BCUT2D eigenvalue weighted by atomic mass is 16.6. The molecule has 4 amide bonds. The van der Waals surface area contributed by atoms with Crippen LogP contribution in [0, 0.1) is 10.8 Å². The van der Waals surface area contributed by atoms with Gasteiger partial charge >= 0.3 is 11.9 Å². The first-order valence-electron chi connectivity index (χ1n) is 15.0. The summed E-state index contributed by atoms with van der Waals surface area (Å²) in [5, 5.41) is 5.05. The number of hydrogen-bond donors (Lipinski definition) is 2. The molecule has 0 saturated carbocycles. The number of esters is 2. The van der Waals surface area contributed by atoms with Crippen LogP contribution in [0.5, 0.6) is 0 Å². The Kier molecular flexibility index (Phi) is 12.4. The minimum Gasteiger partial charge on any atom is -0.450 e. The van der Waals surface area contributed by atoms with Crippen LogP contribution in [0.3, 0.4) is 0 Å². The van der Waals surface area contributed by atoms with Crippen molar-refractivity contribution >= 4 is 35.6 Å². The van der Waals surface area contributed by atoms with E-state index in [2.05, 4.69) is 10.6 Å². The Hall–Kier alpha value is -3.18. The number of likely N-dealkylation sites (tertiary alicyclic amines) is 2. The minimum absolute atomic E-state index is 0.167. The van der Waals surface area contributed by atoms with E-state index in [0.717, 1.165) is 0 Å². The second kappa shape index (κ2) is 14.8. The van der Waals surface area contributed by atoms with Crippen LogP contribution in [0.2, 0.25) is 0 Å². The molecule has 2 unspecified atom stereocenters. The Morgan fingerprint density at radius 1 is 0.667 bits per heavy atom. The van der Waals surface area contributed by atoms with Crippen molar-refractivity contribution < 1.29 is 38.2 Å². The van der Waals surface area contributed by atoms with E-state index in [1.165, 1.54) is 23.9 Å². The van der Waals surface area contributed by atoms with Gasteiger partial charge < -0.3 is 29.9 Å². The third-order valence-corrected chi connectivity index (χ3v) is 7.73. The quantitative estimate of drug-likeness (QED) is 0.272. The molecule has 2 N–H and O–H groups in total. The molecule has 0 radical (unpaired) electrons. The monoisotopic (exact) mass is 594 g/mol. The van der Waals surface area contributed by atoms with E-state index < -0.39 is 58.9 Å². The van der Waals surface area contributed by atoms with Gasteiger partial charge in [-0.1, -0.05) is 41.5 Å². The summed E-state index contributed by atoms with van der Waals surface area (Å²) in [5.74, 6) is -2.36. The summed E-state index contributed by atoms with van der Waals surface area (Å²) in [6.45, 7) is 11.7. The maximum Gasteiger partial charge on any atom is 0.329 e. The maximum atomic E-state index is 13.0. The lowest BCUT2D eigenvalue weighted by Gasteiger charge is -2.31. The van der Waals surface area contributed by atoms with Gasteiger partial charge in [0.2, 0.25) is 11.8 Å². The topological polar surface area (TPSA) is 151 Å². The largest absolute Gasteiger partial charge is 0.450 e. The zero-order valence-electron chi connectivity index (χ0n) is 26.5. The molecule has 2 heterocycles. The SMILES string of the molecule is CNC(=O)C(OC(=O)[C@H]1CCCN1C(=O)CCCCC(=O)N1CCC[C@@H]1C(=O)OC(C(=O)NC)C(C)(C)C)C(C)(C)C. The number of carbonyl (C=O) groups is 6. The molecular formula is C30H50N4O8.